The smallest absolute Gasteiger partial charge is 0.322 e. The van der Waals surface area contributed by atoms with E-state index in [4.69, 9.17) is 5.41 Å². The van der Waals surface area contributed by atoms with Crippen LogP contribution in [0.2, 0.25) is 0 Å². The average molecular weight is 467 g/mol. The zero-order valence-corrected chi connectivity index (χ0v) is 16.1. The van der Waals surface area contributed by atoms with Gasteiger partial charge in [-0.15, -0.1) is 0 Å². The summed E-state index contributed by atoms with van der Waals surface area (Å²) in [7, 11) is 0. The van der Waals surface area contributed by atoms with Gasteiger partial charge in [0.2, 0.25) is 5.62 Å². The molecule has 0 aliphatic carbocycles. The molecule has 0 spiro atoms. The molecule has 0 aromatic carbocycles. The van der Waals surface area contributed by atoms with Gasteiger partial charge in [0.05, 0.1) is 23.0 Å². The molecule has 0 aliphatic rings. The van der Waals surface area contributed by atoms with E-state index in [1.54, 1.807) is 0 Å². The van der Waals surface area contributed by atoms with Gasteiger partial charge < -0.3 is 5.32 Å². The summed E-state index contributed by atoms with van der Waals surface area (Å²) in [6.45, 7) is 0. The highest BCUT2D eigenvalue weighted by Gasteiger charge is 2.41. The van der Waals surface area contributed by atoms with E-state index < -0.39 is 40.9 Å². The molecule has 170 valence electrons. The lowest BCUT2D eigenvalue weighted by atomic mass is 10.2. The standard InChI is InChI=1S/C19H11F6N7O/c20-18(21,22)14-8-10(3-5-27-14)30-16(33)11-9-29-32(15(11)19(23,24)25)13-2-1-7-31-12(13)4-6-28-17(31)26/h1-9,26H,(H,27,30,33). The molecule has 0 aliphatic heterocycles. The van der Waals surface area contributed by atoms with Crippen molar-refractivity contribution in [2.75, 3.05) is 5.32 Å². The Hall–Kier alpha value is -4.23. The van der Waals surface area contributed by atoms with Crippen molar-refractivity contribution in [1.29, 1.82) is 5.41 Å². The van der Waals surface area contributed by atoms with Gasteiger partial charge >= 0.3 is 12.4 Å². The summed E-state index contributed by atoms with van der Waals surface area (Å²) in [5.41, 5.74) is -4.25. The lowest BCUT2D eigenvalue weighted by Crippen LogP contribution is -2.22. The summed E-state index contributed by atoms with van der Waals surface area (Å²) < 4.78 is 82.1. The van der Waals surface area contributed by atoms with Crippen LogP contribution in [0.15, 0.2) is 55.1 Å². The van der Waals surface area contributed by atoms with Gasteiger partial charge in [0.15, 0.2) is 5.69 Å². The number of carbonyl (C=O) groups excluding carboxylic acids is 1. The maximum atomic E-state index is 14.0. The highest BCUT2D eigenvalue weighted by atomic mass is 19.4. The molecule has 4 rings (SSSR count). The molecule has 4 aromatic heterocycles. The molecule has 4 aromatic rings. The molecule has 0 fully saturated rings. The second-order valence-electron chi connectivity index (χ2n) is 6.62. The van der Waals surface area contributed by atoms with Gasteiger partial charge in [0.1, 0.15) is 5.69 Å². The minimum Gasteiger partial charge on any atom is -0.322 e. The zero-order chi connectivity index (χ0) is 24.0. The molecule has 0 bridgehead atoms. The lowest BCUT2D eigenvalue weighted by molar-refractivity contribution is -0.143. The summed E-state index contributed by atoms with van der Waals surface area (Å²) in [4.78, 5) is 19.5. The minimum atomic E-state index is -5.05. The van der Waals surface area contributed by atoms with Crippen LogP contribution in [0.1, 0.15) is 21.7 Å². The Bertz CT molecular complexity index is 1420. The van der Waals surface area contributed by atoms with Crippen LogP contribution in [0.5, 0.6) is 0 Å². The largest absolute Gasteiger partial charge is 0.434 e. The Morgan fingerprint density at radius 2 is 1.73 bits per heavy atom. The van der Waals surface area contributed by atoms with Crippen LogP contribution >= 0.6 is 0 Å². The van der Waals surface area contributed by atoms with E-state index in [0.29, 0.717) is 16.9 Å². The Morgan fingerprint density at radius 1 is 1.00 bits per heavy atom. The number of alkyl halides is 6. The number of carbonyl (C=O) groups is 1. The molecule has 33 heavy (non-hydrogen) atoms. The Balaban J connectivity index is 1.81. The van der Waals surface area contributed by atoms with E-state index in [1.165, 1.54) is 35.0 Å². The molecule has 0 saturated heterocycles. The number of rotatable bonds is 3. The van der Waals surface area contributed by atoms with E-state index >= 15 is 0 Å². The first-order valence-corrected chi connectivity index (χ1v) is 8.98. The maximum Gasteiger partial charge on any atom is 0.434 e. The van der Waals surface area contributed by atoms with Crippen molar-refractivity contribution in [3.05, 3.63) is 77.7 Å². The summed E-state index contributed by atoms with van der Waals surface area (Å²) in [6.07, 6.45) is -5.78. The third-order valence-electron chi connectivity index (χ3n) is 4.49. The van der Waals surface area contributed by atoms with E-state index in [1.807, 2.05) is 5.32 Å². The van der Waals surface area contributed by atoms with Crippen LogP contribution in [0.25, 0.3) is 11.2 Å². The summed E-state index contributed by atoms with van der Waals surface area (Å²) in [5, 5.41) is 13.5. The maximum absolute atomic E-state index is 14.0. The fraction of sp³-hybridized carbons (Fsp3) is 0.105. The van der Waals surface area contributed by atoms with Crippen LogP contribution in [0.3, 0.4) is 0 Å². The first-order valence-electron chi connectivity index (χ1n) is 8.98. The molecule has 14 heteroatoms. The van der Waals surface area contributed by atoms with Gasteiger partial charge in [-0.25, -0.2) is 9.67 Å². The summed E-state index contributed by atoms with van der Waals surface area (Å²) >= 11 is 0. The molecule has 8 nitrogen and oxygen atoms in total. The molecule has 4 heterocycles. The lowest BCUT2D eigenvalue weighted by Gasteiger charge is -2.15. The van der Waals surface area contributed by atoms with Gasteiger partial charge in [-0.1, -0.05) is 0 Å². The van der Waals surface area contributed by atoms with E-state index in [-0.39, 0.29) is 16.8 Å². The second-order valence-corrected chi connectivity index (χ2v) is 6.62. The number of nitrogens with one attached hydrogen (secondary N) is 2. The van der Waals surface area contributed by atoms with Gasteiger partial charge in [0, 0.05) is 24.3 Å². The number of hydrogen-bond acceptors (Lipinski definition) is 5. The van der Waals surface area contributed by atoms with Gasteiger partial charge in [0.25, 0.3) is 5.91 Å². The zero-order valence-electron chi connectivity index (χ0n) is 16.1. The number of halogens is 6. The van der Waals surface area contributed by atoms with Crippen molar-refractivity contribution in [3.63, 3.8) is 0 Å². The first kappa shape index (κ1) is 22.0. The van der Waals surface area contributed by atoms with Crippen LogP contribution in [-0.4, -0.2) is 30.1 Å². The SMILES string of the molecule is N=c1nccc2c(-n3ncc(C(=O)Nc4ccnc(C(F)(F)F)c4)c3C(F)(F)F)cccn12. The Kier molecular flexibility index (Phi) is 5.14. The fourth-order valence-corrected chi connectivity index (χ4v) is 3.11. The summed E-state index contributed by atoms with van der Waals surface area (Å²) in [5.74, 6) is -1.32. The predicted molar refractivity (Wildman–Crippen MR) is 100 cm³/mol. The number of pyridine rings is 2. The molecule has 0 atom stereocenters. The highest BCUT2D eigenvalue weighted by Crippen LogP contribution is 2.35. The van der Waals surface area contributed by atoms with Crippen LogP contribution < -0.4 is 10.9 Å². The number of aromatic nitrogens is 5. The van der Waals surface area contributed by atoms with E-state index in [0.717, 1.165) is 12.3 Å². The second kappa shape index (κ2) is 7.72. The topological polar surface area (TPSA) is 101 Å². The molecule has 0 radical (unpaired) electrons. The first-order chi connectivity index (χ1) is 15.5. The number of fused-ring (bicyclic) bond motifs is 1. The molecule has 2 N–H and O–H groups in total. The Labute approximate surface area is 179 Å². The van der Waals surface area contributed by atoms with Crippen molar-refractivity contribution in [3.8, 4) is 5.69 Å². The van der Waals surface area contributed by atoms with Crippen LogP contribution in [0, 0.1) is 5.41 Å². The Morgan fingerprint density at radius 3 is 2.42 bits per heavy atom. The predicted octanol–water partition coefficient (Wildman–Crippen LogP) is 3.68. The minimum absolute atomic E-state index is 0.0944. The third kappa shape index (κ3) is 4.14. The van der Waals surface area contributed by atoms with Gasteiger partial charge in [-0.05, 0) is 30.3 Å². The number of amides is 1. The fourth-order valence-electron chi connectivity index (χ4n) is 3.11. The molecular weight excluding hydrogens is 456 g/mol. The van der Waals surface area contributed by atoms with Crippen molar-refractivity contribution < 1.29 is 31.1 Å². The third-order valence-corrected chi connectivity index (χ3v) is 4.49. The average Bonchev–Trinajstić information content (AvgIpc) is 3.19. The van der Waals surface area contributed by atoms with Crippen molar-refractivity contribution in [2.45, 2.75) is 12.4 Å². The molecular formula is C19H11F6N7O. The normalized spacial score (nSPS) is 12.2. The molecule has 0 unspecified atom stereocenters. The quantitative estimate of drug-likeness (QED) is 0.449. The summed E-state index contributed by atoms with van der Waals surface area (Å²) in [6, 6.07) is 5.55. The van der Waals surface area contributed by atoms with Crippen LogP contribution in [0.4, 0.5) is 32.0 Å². The number of hydrogen-bond donors (Lipinski definition) is 2. The van der Waals surface area contributed by atoms with Crippen molar-refractivity contribution in [2.24, 2.45) is 0 Å². The van der Waals surface area contributed by atoms with Crippen molar-refractivity contribution >= 4 is 17.1 Å². The monoisotopic (exact) mass is 467 g/mol. The van der Waals surface area contributed by atoms with Crippen LogP contribution in [-0.2, 0) is 12.4 Å². The van der Waals surface area contributed by atoms with Gasteiger partial charge in [-0.3, -0.25) is 19.6 Å². The number of anilines is 1. The number of nitrogens with zero attached hydrogens (tertiary/aromatic N) is 5. The van der Waals surface area contributed by atoms with Crippen molar-refractivity contribution in [1.82, 2.24) is 24.1 Å². The highest BCUT2D eigenvalue weighted by molar-refractivity contribution is 6.05. The van der Waals surface area contributed by atoms with E-state index in [2.05, 4.69) is 15.1 Å². The molecule has 0 saturated carbocycles. The molecule has 1 amide bonds. The van der Waals surface area contributed by atoms with Gasteiger partial charge in [-0.2, -0.15) is 31.4 Å². The van der Waals surface area contributed by atoms with E-state index in [9.17, 15) is 31.1 Å².